The summed E-state index contributed by atoms with van der Waals surface area (Å²) in [5.41, 5.74) is 4.07. The highest BCUT2D eigenvalue weighted by Crippen LogP contribution is 2.31. The molecule has 0 unspecified atom stereocenters. The summed E-state index contributed by atoms with van der Waals surface area (Å²) in [5.74, 6) is 0. The van der Waals surface area contributed by atoms with E-state index < -0.39 is 11.0 Å². The number of nitro benzene ring substituents is 1. The molecule has 0 bridgehead atoms. The number of hydrogen-bond donors (Lipinski definition) is 3. The Hall–Kier alpha value is -5.78. The lowest BCUT2D eigenvalue weighted by atomic mass is 10.1. The number of benzene rings is 3. The van der Waals surface area contributed by atoms with E-state index in [1.54, 1.807) is 4.40 Å². The maximum Gasteiger partial charge on any atom is 0.319 e. The number of nitro groups is 1. The number of H-pyrrole nitrogens is 1. The largest absolute Gasteiger partial charge is 0.334 e. The molecule has 3 heterocycles. The number of carbonyl (C=O) groups is 2. The molecule has 0 fully saturated rings. The van der Waals surface area contributed by atoms with Crippen molar-refractivity contribution in [1.29, 1.82) is 0 Å². The molecular weight excluding hydrogens is 526 g/mol. The van der Waals surface area contributed by atoms with Gasteiger partial charge in [-0.15, -0.1) is 0 Å². The van der Waals surface area contributed by atoms with Crippen molar-refractivity contribution in [2.75, 3.05) is 5.32 Å². The minimum atomic E-state index is -0.504. The van der Waals surface area contributed by atoms with Gasteiger partial charge in [0.05, 0.1) is 27.3 Å². The van der Waals surface area contributed by atoms with Gasteiger partial charge in [-0.25, -0.2) is 9.78 Å². The SMILES string of the molecule is CCc1c(C=O)nc2c(=O)[nH]c3c4ccccc4c(-n4ccc(CNC(=O)Nc5ccc([N+](=O)[O-])cc5)c4)cc3n12. The predicted molar refractivity (Wildman–Crippen MR) is 154 cm³/mol. The Kier molecular flexibility index (Phi) is 6.27. The predicted octanol–water partition coefficient (Wildman–Crippen LogP) is 4.72. The van der Waals surface area contributed by atoms with Crippen molar-refractivity contribution in [3.05, 3.63) is 110 Å². The quantitative estimate of drug-likeness (QED) is 0.113. The van der Waals surface area contributed by atoms with Gasteiger partial charge >= 0.3 is 6.03 Å². The van der Waals surface area contributed by atoms with Crippen LogP contribution >= 0.6 is 0 Å². The summed E-state index contributed by atoms with van der Waals surface area (Å²) in [6.07, 6.45) is 4.96. The number of carbonyl (C=O) groups excluding carboxylic acids is 2. The van der Waals surface area contributed by atoms with Gasteiger partial charge in [-0.3, -0.25) is 24.1 Å². The molecule has 0 saturated heterocycles. The van der Waals surface area contributed by atoms with E-state index in [0.717, 1.165) is 22.0 Å². The van der Waals surface area contributed by atoms with Crippen LogP contribution in [-0.2, 0) is 13.0 Å². The summed E-state index contributed by atoms with van der Waals surface area (Å²) in [4.78, 5) is 54.6. The fraction of sp³-hybridized carbons (Fsp3) is 0.103. The van der Waals surface area contributed by atoms with E-state index in [2.05, 4.69) is 20.6 Å². The normalized spacial score (nSPS) is 11.2. The second-order valence-electron chi connectivity index (χ2n) is 9.40. The molecule has 12 heteroatoms. The molecule has 2 amide bonds. The molecule has 6 aromatic rings. The molecule has 3 aromatic carbocycles. The first-order valence-corrected chi connectivity index (χ1v) is 12.8. The number of imidazole rings is 1. The van der Waals surface area contributed by atoms with Crippen LogP contribution in [0.2, 0.25) is 0 Å². The van der Waals surface area contributed by atoms with E-state index in [1.807, 2.05) is 60.3 Å². The van der Waals surface area contributed by atoms with Crippen LogP contribution in [0.3, 0.4) is 0 Å². The minimum Gasteiger partial charge on any atom is -0.334 e. The number of aromatic amines is 1. The van der Waals surface area contributed by atoms with E-state index in [0.29, 0.717) is 35.1 Å². The van der Waals surface area contributed by atoms with Crippen molar-refractivity contribution in [2.24, 2.45) is 0 Å². The first-order valence-electron chi connectivity index (χ1n) is 12.8. The average molecular weight is 550 g/mol. The molecule has 0 atom stereocenters. The van der Waals surface area contributed by atoms with Gasteiger partial charge in [0.15, 0.2) is 6.29 Å². The fourth-order valence-corrected chi connectivity index (χ4v) is 5.07. The number of non-ortho nitro benzene ring substituents is 1. The van der Waals surface area contributed by atoms with Crippen LogP contribution in [0.15, 0.2) is 77.9 Å². The number of fused-ring (bicyclic) bond motifs is 5. The lowest BCUT2D eigenvalue weighted by molar-refractivity contribution is -0.384. The van der Waals surface area contributed by atoms with Crippen LogP contribution in [0.4, 0.5) is 16.2 Å². The van der Waals surface area contributed by atoms with Crippen LogP contribution in [0.5, 0.6) is 0 Å². The molecule has 0 radical (unpaired) electrons. The second kappa shape index (κ2) is 10.1. The summed E-state index contributed by atoms with van der Waals surface area (Å²) in [6.45, 7) is 2.15. The molecule has 0 aliphatic carbocycles. The molecule has 6 rings (SSSR count). The molecular formula is C29H23N7O5. The zero-order valence-electron chi connectivity index (χ0n) is 21.7. The van der Waals surface area contributed by atoms with Gasteiger partial charge in [-0.1, -0.05) is 31.2 Å². The van der Waals surface area contributed by atoms with E-state index in [9.17, 15) is 24.5 Å². The molecule has 0 aliphatic rings. The summed E-state index contributed by atoms with van der Waals surface area (Å²) >= 11 is 0. The highest BCUT2D eigenvalue weighted by atomic mass is 16.6. The lowest BCUT2D eigenvalue weighted by Gasteiger charge is -2.13. The summed E-state index contributed by atoms with van der Waals surface area (Å²) < 4.78 is 3.69. The topological polar surface area (TPSA) is 156 Å². The van der Waals surface area contributed by atoms with Crippen molar-refractivity contribution in [2.45, 2.75) is 19.9 Å². The van der Waals surface area contributed by atoms with Crippen molar-refractivity contribution in [3.8, 4) is 5.69 Å². The fourth-order valence-electron chi connectivity index (χ4n) is 5.07. The van der Waals surface area contributed by atoms with Gasteiger partial charge in [-0.2, -0.15) is 0 Å². The van der Waals surface area contributed by atoms with Gasteiger partial charge in [0.1, 0.15) is 5.69 Å². The summed E-state index contributed by atoms with van der Waals surface area (Å²) in [5, 5.41) is 18.0. The van der Waals surface area contributed by atoms with Crippen LogP contribution in [0.25, 0.3) is 33.1 Å². The molecule has 204 valence electrons. The first-order chi connectivity index (χ1) is 19.9. The third-order valence-corrected chi connectivity index (χ3v) is 6.96. The Morgan fingerprint density at radius 1 is 1.12 bits per heavy atom. The molecule has 12 nitrogen and oxygen atoms in total. The third-order valence-electron chi connectivity index (χ3n) is 6.96. The smallest absolute Gasteiger partial charge is 0.319 e. The maximum atomic E-state index is 12.9. The highest BCUT2D eigenvalue weighted by Gasteiger charge is 2.19. The Balaban J connectivity index is 1.35. The highest BCUT2D eigenvalue weighted by molar-refractivity contribution is 6.08. The summed E-state index contributed by atoms with van der Waals surface area (Å²) in [6, 6.07) is 16.7. The van der Waals surface area contributed by atoms with Gasteiger partial charge in [0, 0.05) is 47.5 Å². The third kappa shape index (κ3) is 4.46. The lowest BCUT2D eigenvalue weighted by Crippen LogP contribution is -2.28. The molecule has 0 saturated carbocycles. The average Bonchev–Trinajstić information content (AvgIpc) is 3.61. The number of aldehydes is 1. The molecule has 41 heavy (non-hydrogen) atoms. The second-order valence-corrected chi connectivity index (χ2v) is 9.40. The molecule has 3 N–H and O–H groups in total. The number of anilines is 1. The van der Waals surface area contributed by atoms with E-state index in [-0.39, 0.29) is 29.1 Å². The van der Waals surface area contributed by atoms with Crippen LogP contribution in [0, 0.1) is 10.1 Å². The molecule has 3 aromatic heterocycles. The number of urea groups is 1. The Morgan fingerprint density at radius 3 is 2.59 bits per heavy atom. The zero-order chi connectivity index (χ0) is 28.7. The van der Waals surface area contributed by atoms with E-state index in [1.165, 1.54) is 24.3 Å². The van der Waals surface area contributed by atoms with Gasteiger partial charge in [0.2, 0.25) is 5.65 Å². The number of aromatic nitrogens is 4. The number of nitrogens with zero attached hydrogens (tertiary/aromatic N) is 4. The van der Waals surface area contributed by atoms with Gasteiger partial charge in [0.25, 0.3) is 11.2 Å². The van der Waals surface area contributed by atoms with Crippen molar-refractivity contribution >= 4 is 51.1 Å². The van der Waals surface area contributed by atoms with E-state index >= 15 is 0 Å². The maximum absolute atomic E-state index is 12.9. The number of nitrogens with one attached hydrogen (secondary N) is 3. The van der Waals surface area contributed by atoms with Crippen LogP contribution in [-0.4, -0.2) is 36.2 Å². The number of rotatable bonds is 7. The van der Waals surface area contributed by atoms with Crippen molar-refractivity contribution in [1.82, 2.24) is 24.3 Å². The molecule has 0 aliphatic heterocycles. The van der Waals surface area contributed by atoms with Gasteiger partial charge in [-0.05, 0) is 36.2 Å². The monoisotopic (exact) mass is 549 g/mol. The summed E-state index contributed by atoms with van der Waals surface area (Å²) in [7, 11) is 0. The minimum absolute atomic E-state index is 0.0614. The molecule has 0 spiro atoms. The van der Waals surface area contributed by atoms with E-state index in [4.69, 9.17) is 0 Å². The standard InChI is InChI=1S/C29H23N7O5/c1-2-23-22(16-37)32-27-28(38)33-26-21-6-4-3-5-20(21)24(13-25(26)35(23)27)34-12-11-17(15-34)14-30-29(39)31-18-7-9-19(10-8-18)36(40)41/h3-13,15-16H,2,14H2,1H3,(H,33,38)(H2,30,31,39). The Labute approximate surface area is 231 Å². The van der Waals surface area contributed by atoms with Crippen molar-refractivity contribution < 1.29 is 14.5 Å². The Morgan fingerprint density at radius 2 is 1.88 bits per heavy atom. The van der Waals surface area contributed by atoms with Crippen molar-refractivity contribution in [3.63, 3.8) is 0 Å². The number of hydrogen-bond acceptors (Lipinski definition) is 6. The van der Waals surface area contributed by atoms with Crippen LogP contribution < -0.4 is 16.2 Å². The number of amides is 2. The number of aryl methyl sites for hydroxylation is 1. The zero-order valence-corrected chi connectivity index (χ0v) is 21.7. The van der Waals surface area contributed by atoms with Gasteiger partial charge < -0.3 is 20.2 Å². The Bertz CT molecular complexity index is 2050. The van der Waals surface area contributed by atoms with Crippen LogP contribution in [0.1, 0.15) is 28.7 Å². The first kappa shape index (κ1) is 25.5.